The molecule has 14 rings (SSSR count). The SMILES string of the molecule is CC.CC.CC.CCc1cc(C)cc(CC)c1Nc1ccc2c(-c3ccccc3S(=O)(=O)O)c3ccc(=[NH+]c4c(CC)cc(C)cc4CC)cc-3oc2c1.CCc1cc(C)cc(CC)c1Nc1ccc2c(-c3ccccc3S(=O)(=O)O)c3ccc(=[NH+]c4c(CC)cc(C)cc4CC)cc-3oc2c1.COS(=O)Nc1ccc(C=Cc2[c-]cc(NS(C)(=O)=O)cc2)c(S(=O)(=O)[O-])c1.O=S(=O)=O.[Na+].[Na+]. The largest absolute Gasteiger partial charge is 1.00 e. The Kier molecular flexibility index (Phi) is 44.4. The minimum absolute atomic E-state index is 0. The van der Waals surface area contributed by atoms with Crippen molar-refractivity contribution in [3.05, 3.63) is 301 Å². The number of benzene rings is 12. The second kappa shape index (κ2) is 52.6. The summed E-state index contributed by atoms with van der Waals surface area (Å²) >= 11 is -1.88. The predicted molar refractivity (Wildman–Crippen MR) is 540 cm³/mol. The van der Waals surface area contributed by atoms with E-state index in [-0.39, 0.29) is 80.2 Å². The van der Waals surface area contributed by atoms with Crippen molar-refractivity contribution < 1.29 is 146 Å². The van der Waals surface area contributed by atoms with Crippen LogP contribution in [0.2, 0.25) is 0 Å². The van der Waals surface area contributed by atoms with E-state index in [2.05, 4.69) is 172 Å². The van der Waals surface area contributed by atoms with Crippen molar-refractivity contribution in [3.63, 3.8) is 0 Å². The quantitative estimate of drug-likeness (QED) is 0.00820. The fourth-order valence-corrected chi connectivity index (χ4v) is 18.8. The van der Waals surface area contributed by atoms with Gasteiger partial charge < -0.3 is 28.7 Å². The Morgan fingerprint density at radius 1 is 0.419 bits per heavy atom. The molecule has 24 nitrogen and oxygen atoms in total. The van der Waals surface area contributed by atoms with Gasteiger partial charge in [-0.2, -0.15) is 22.4 Å². The number of aryl methyl sites for hydroxylation is 12. The molecule has 0 amide bonds. The van der Waals surface area contributed by atoms with E-state index in [1.54, 1.807) is 42.5 Å². The van der Waals surface area contributed by atoms with Crippen molar-refractivity contribution in [2.45, 2.75) is 191 Å². The first-order valence-electron chi connectivity index (χ1n) is 44.4. The van der Waals surface area contributed by atoms with E-state index in [1.165, 1.54) is 122 Å². The molecule has 710 valence electrons. The molecule has 0 radical (unpaired) electrons. The molecule has 32 heteroatoms. The van der Waals surface area contributed by atoms with Crippen LogP contribution in [-0.4, -0.2) is 77.5 Å². The molecular formula is C104H120N6Na2O18S6+2. The van der Waals surface area contributed by atoms with Crippen molar-refractivity contribution >= 4 is 142 Å². The maximum atomic E-state index is 12.6. The van der Waals surface area contributed by atoms with Crippen molar-refractivity contribution in [2.75, 3.05) is 33.4 Å². The van der Waals surface area contributed by atoms with Gasteiger partial charge in [-0.15, -0.1) is 43.0 Å². The van der Waals surface area contributed by atoms with E-state index in [9.17, 15) is 51.5 Å². The van der Waals surface area contributed by atoms with Gasteiger partial charge in [-0.05, 0) is 197 Å². The Balaban J connectivity index is 0.000000306. The van der Waals surface area contributed by atoms with Gasteiger partial charge in [-0.25, -0.2) is 31.0 Å². The third kappa shape index (κ3) is 30.2. The summed E-state index contributed by atoms with van der Waals surface area (Å²) in [5.41, 5.74) is 27.0. The van der Waals surface area contributed by atoms with Gasteiger partial charge in [0.25, 0.3) is 31.5 Å². The first kappa shape index (κ1) is 115. The number of nitrogens with one attached hydrogen (secondary N) is 6. The Hall–Kier alpha value is -10.1. The fraction of sp³-hybridized carbons (Fsp3) is 0.269. The summed E-state index contributed by atoms with van der Waals surface area (Å²) < 4.78 is 187. The number of rotatable bonds is 26. The maximum Gasteiger partial charge on any atom is 1.00 e. The Morgan fingerprint density at radius 2 is 0.765 bits per heavy atom. The Bertz CT molecular complexity index is 6900. The molecule has 0 bridgehead atoms. The molecule has 0 spiro atoms. The van der Waals surface area contributed by atoms with Crippen molar-refractivity contribution in [2.24, 2.45) is 0 Å². The first-order chi connectivity index (χ1) is 63.8. The standard InChI is InChI=1S/2C41H42N2O4S.C16H17N2O7S3.3C2H6.2Na.O3S/c2*1-7-27-19-25(5)20-28(8-2)40(27)42-31-15-17-33-36(23-31)47-37-24-32(43-41-29(9-3)21-26(6)22-30(41)10-4)16-18-34(37)39(33)35-13-11-12-14-38(35)48(44,45)46;1-25-26(19)17-15-10-7-13(16(11-15)28(22,23)24)6-3-12-4-8-14(9-5-12)18-27(2,20)21;3*1-2;;;1-4(2)3/h2*11-24,42H,7-10H2,1-6H3,(H,44,45,46);3-4,6-11,17-18H,1-2H3,(H,22,23,24);3*1-2H3;;;/q;;-1;;;;2*+1;/p+1. The monoisotopic (exact) mass is 1980 g/mol. The molecule has 4 aliphatic rings. The fourth-order valence-electron chi connectivity index (χ4n) is 15.8. The summed E-state index contributed by atoms with van der Waals surface area (Å²) in [4.78, 5) is 6.54. The van der Waals surface area contributed by atoms with E-state index < -0.39 is 67.1 Å². The Morgan fingerprint density at radius 3 is 1.09 bits per heavy atom. The van der Waals surface area contributed by atoms with E-state index in [0.29, 0.717) is 56.2 Å². The van der Waals surface area contributed by atoms with Crippen LogP contribution < -0.4 is 99.9 Å². The smallest absolute Gasteiger partial charge is 0.744 e. The van der Waals surface area contributed by atoms with Gasteiger partial charge in [-0.1, -0.05) is 192 Å². The van der Waals surface area contributed by atoms with Crippen LogP contribution in [0.25, 0.3) is 79.0 Å². The molecule has 2 heterocycles. The topological polar surface area (TPSA) is 380 Å². The molecule has 2 aliphatic carbocycles. The van der Waals surface area contributed by atoms with E-state index in [4.69, 9.17) is 21.5 Å². The molecule has 1 atom stereocenters. The minimum Gasteiger partial charge on any atom is -0.744 e. The summed E-state index contributed by atoms with van der Waals surface area (Å²) in [6, 6.07) is 65.8. The molecule has 0 saturated carbocycles. The van der Waals surface area contributed by atoms with Crippen molar-refractivity contribution in [1.82, 2.24) is 0 Å². The van der Waals surface area contributed by atoms with Gasteiger partial charge >= 0.3 is 69.7 Å². The van der Waals surface area contributed by atoms with Crippen molar-refractivity contribution in [3.8, 4) is 44.9 Å². The van der Waals surface area contributed by atoms with Crippen LogP contribution >= 0.6 is 0 Å². The molecule has 1 unspecified atom stereocenters. The normalized spacial score (nSPS) is 11.7. The van der Waals surface area contributed by atoms with Crippen LogP contribution in [0.15, 0.2) is 230 Å². The van der Waals surface area contributed by atoms with Crippen LogP contribution in [-0.2, 0) is 118 Å². The van der Waals surface area contributed by atoms with Gasteiger partial charge in [0.1, 0.15) is 42.6 Å². The minimum atomic E-state index is -4.80. The molecule has 10 aromatic rings. The van der Waals surface area contributed by atoms with Crippen LogP contribution in [0.3, 0.4) is 0 Å². The molecule has 2 aliphatic heterocycles. The van der Waals surface area contributed by atoms with E-state index in [1.807, 2.05) is 114 Å². The second-order valence-corrected chi connectivity index (χ2v) is 37.8. The molecule has 8 N–H and O–H groups in total. The average molecular weight is 1980 g/mol. The van der Waals surface area contributed by atoms with Gasteiger partial charge in [0.2, 0.25) is 32.1 Å². The zero-order valence-corrected chi connectivity index (χ0v) is 90.2. The summed E-state index contributed by atoms with van der Waals surface area (Å²) in [5, 5.41) is 10.5. The van der Waals surface area contributed by atoms with Gasteiger partial charge in [0.15, 0.2) is 0 Å². The Labute approximate surface area is 850 Å². The molecule has 0 saturated heterocycles. The first-order valence-corrected chi connectivity index (χ1v) is 52.7. The number of hydrogen-bond acceptors (Lipinski definition) is 18. The van der Waals surface area contributed by atoms with E-state index >= 15 is 0 Å². The predicted octanol–water partition coefficient (Wildman–Crippen LogP) is 14.4. The average Bonchev–Trinajstić information content (AvgIpc) is 0.743. The van der Waals surface area contributed by atoms with Gasteiger partial charge in [0.05, 0.1) is 30.4 Å². The molecular weight excluding hydrogens is 1860 g/mol. The molecule has 0 aromatic heterocycles. The molecule has 136 heavy (non-hydrogen) atoms. The van der Waals surface area contributed by atoms with Gasteiger partial charge in [-0.3, -0.25) is 18.0 Å². The summed E-state index contributed by atoms with van der Waals surface area (Å²) in [6.45, 7) is 37.8. The maximum absolute atomic E-state index is 12.6. The third-order valence-corrected chi connectivity index (χ3v) is 25.5. The zero-order valence-electron chi connectivity index (χ0n) is 81.3. The number of hydrogen-bond donors (Lipinski definition) is 8. The van der Waals surface area contributed by atoms with Gasteiger partial charge in [0, 0.05) is 119 Å². The number of anilines is 6. The summed E-state index contributed by atoms with van der Waals surface area (Å²) in [6.07, 6.45) is 11.1. The summed E-state index contributed by atoms with van der Waals surface area (Å²) in [7, 11) is -19.1. The zero-order chi connectivity index (χ0) is 98.9. The van der Waals surface area contributed by atoms with Crippen molar-refractivity contribution in [1.29, 1.82) is 0 Å². The van der Waals surface area contributed by atoms with Crippen LogP contribution in [0, 0.1) is 33.8 Å². The molecule has 10 aromatic carbocycles. The van der Waals surface area contributed by atoms with Crippen LogP contribution in [0.1, 0.15) is 175 Å². The van der Waals surface area contributed by atoms with Crippen LogP contribution in [0.4, 0.5) is 45.5 Å². The second-order valence-electron chi connectivity index (χ2n) is 30.6. The van der Waals surface area contributed by atoms with E-state index in [0.717, 1.165) is 130 Å². The number of fused-ring (bicyclic) bond motifs is 4. The summed E-state index contributed by atoms with van der Waals surface area (Å²) in [5.74, 6) is 1.18. The molecule has 0 fully saturated rings. The van der Waals surface area contributed by atoms with Crippen LogP contribution in [0.5, 0.6) is 0 Å². The third-order valence-electron chi connectivity index (χ3n) is 21.4. The number of sulfonamides is 1.